The number of halogens is 1. The maximum absolute atomic E-state index is 9.91. The van der Waals surface area contributed by atoms with Crippen molar-refractivity contribution in [1.29, 1.82) is 21.2 Å². The van der Waals surface area contributed by atoms with Crippen molar-refractivity contribution in [1.82, 2.24) is 0 Å². The van der Waals surface area contributed by atoms with Gasteiger partial charge in [-0.25, -0.2) is 0 Å². The van der Waals surface area contributed by atoms with Crippen LogP contribution >= 0.6 is 11.6 Å². The van der Waals surface area contributed by atoms with Crippen molar-refractivity contribution in [3.05, 3.63) is 46.5 Å². The second-order valence-corrected chi connectivity index (χ2v) is 7.36. The Morgan fingerprint density at radius 3 is 2.56 bits per heavy atom. The molecule has 0 spiro atoms. The summed E-state index contributed by atoms with van der Waals surface area (Å²) in [7, 11) is 0. The minimum Gasteiger partial charge on any atom is -0.305 e. The van der Waals surface area contributed by atoms with Crippen molar-refractivity contribution in [3.8, 4) is 18.2 Å². The first-order valence-corrected chi connectivity index (χ1v) is 8.62. The number of hydrogen-bond acceptors (Lipinski definition) is 4. The first-order chi connectivity index (χ1) is 12.0. The maximum atomic E-state index is 9.91. The van der Waals surface area contributed by atoms with Gasteiger partial charge in [0.05, 0.1) is 23.9 Å². The third-order valence-electron chi connectivity index (χ3n) is 5.45. The Kier molecular flexibility index (Phi) is 4.38. The number of allylic oxidation sites excluding steroid dienone is 2. The van der Waals surface area contributed by atoms with Crippen LogP contribution in [-0.4, -0.2) is 5.71 Å². The molecular formula is C20H17ClN4. The Hall–Kier alpha value is -2.61. The molecule has 0 aliphatic heterocycles. The van der Waals surface area contributed by atoms with Gasteiger partial charge in [-0.15, -0.1) is 0 Å². The lowest BCUT2D eigenvalue weighted by Crippen LogP contribution is -2.49. The summed E-state index contributed by atoms with van der Waals surface area (Å²) in [6.07, 6.45) is 3.68. The van der Waals surface area contributed by atoms with Crippen LogP contribution in [0.25, 0.3) is 0 Å². The van der Waals surface area contributed by atoms with E-state index in [0.29, 0.717) is 10.9 Å². The van der Waals surface area contributed by atoms with E-state index >= 15 is 0 Å². The lowest BCUT2D eigenvalue weighted by molar-refractivity contribution is 0.283. The third kappa shape index (κ3) is 2.53. The highest BCUT2D eigenvalue weighted by molar-refractivity contribution is 6.30. The first kappa shape index (κ1) is 17.2. The average molecular weight is 349 g/mol. The Morgan fingerprint density at radius 1 is 1.24 bits per heavy atom. The largest absolute Gasteiger partial charge is 0.305 e. The molecule has 3 rings (SSSR count). The van der Waals surface area contributed by atoms with Gasteiger partial charge in [0.15, 0.2) is 5.41 Å². The summed E-state index contributed by atoms with van der Waals surface area (Å²) in [5, 5.41) is 38.5. The Labute approximate surface area is 152 Å². The average Bonchev–Trinajstić information content (AvgIpc) is 2.61. The molecule has 0 radical (unpaired) electrons. The molecule has 4 atom stereocenters. The van der Waals surface area contributed by atoms with Gasteiger partial charge in [0.25, 0.3) is 0 Å². The van der Waals surface area contributed by atoms with E-state index in [4.69, 9.17) is 17.0 Å². The predicted octanol–water partition coefficient (Wildman–Crippen LogP) is 4.60. The summed E-state index contributed by atoms with van der Waals surface area (Å²) in [6, 6.07) is 13.5. The molecule has 1 aromatic rings. The lowest BCUT2D eigenvalue weighted by atomic mass is 9.52. The summed E-state index contributed by atoms with van der Waals surface area (Å²) in [5.41, 5.74) is -0.0927. The summed E-state index contributed by atoms with van der Waals surface area (Å²) in [4.78, 5) is 0. The minimum absolute atomic E-state index is 0.109. The lowest BCUT2D eigenvalue weighted by Gasteiger charge is -2.46. The zero-order valence-electron chi connectivity index (χ0n) is 13.8. The van der Waals surface area contributed by atoms with Gasteiger partial charge in [-0.05, 0) is 47.9 Å². The molecule has 4 nitrogen and oxygen atoms in total. The summed E-state index contributed by atoms with van der Waals surface area (Å²) in [6.45, 7) is 2.13. The van der Waals surface area contributed by atoms with Crippen molar-refractivity contribution in [2.45, 2.75) is 25.7 Å². The van der Waals surface area contributed by atoms with Gasteiger partial charge in [-0.3, -0.25) is 0 Å². The Balaban J connectivity index is 2.28. The second-order valence-electron chi connectivity index (χ2n) is 6.93. The molecule has 0 amide bonds. The van der Waals surface area contributed by atoms with E-state index in [-0.39, 0.29) is 11.6 Å². The molecule has 25 heavy (non-hydrogen) atoms. The number of fused-ring (bicyclic) bond motifs is 1. The number of nitrogens with one attached hydrogen (secondary N) is 1. The zero-order valence-corrected chi connectivity index (χ0v) is 14.6. The number of nitriles is 3. The molecule has 1 saturated carbocycles. The van der Waals surface area contributed by atoms with Gasteiger partial charge in [-0.1, -0.05) is 36.7 Å². The number of rotatable bonds is 1. The fraction of sp³-hybridized carbons (Fsp3) is 0.400. The molecule has 2 aliphatic rings. The topological polar surface area (TPSA) is 95.2 Å². The van der Waals surface area contributed by atoms with Crippen LogP contribution in [0.15, 0.2) is 35.9 Å². The van der Waals surface area contributed by atoms with Gasteiger partial charge in [0.2, 0.25) is 0 Å². The maximum Gasteiger partial charge on any atom is 0.189 e. The van der Waals surface area contributed by atoms with Crippen molar-refractivity contribution >= 4 is 17.3 Å². The van der Waals surface area contributed by atoms with Crippen molar-refractivity contribution in [2.24, 2.45) is 23.2 Å². The van der Waals surface area contributed by atoms with Gasteiger partial charge >= 0.3 is 0 Å². The van der Waals surface area contributed by atoms with Gasteiger partial charge in [-0.2, -0.15) is 15.8 Å². The molecule has 0 bridgehead atoms. The van der Waals surface area contributed by atoms with Crippen LogP contribution in [0.2, 0.25) is 5.02 Å². The van der Waals surface area contributed by atoms with Gasteiger partial charge < -0.3 is 5.41 Å². The van der Waals surface area contributed by atoms with Crippen molar-refractivity contribution in [2.75, 3.05) is 0 Å². The smallest absolute Gasteiger partial charge is 0.189 e. The third-order valence-corrected chi connectivity index (χ3v) is 5.68. The molecule has 1 aromatic carbocycles. The molecule has 0 saturated heterocycles. The summed E-state index contributed by atoms with van der Waals surface area (Å²) < 4.78 is 0. The fourth-order valence-corrected chi connectivity index (χ4v) is 4.48. The monoisotopic (exact) mass is 348 g/mol. The predicted molar refractivity (Wildman–Crippen MR) is 94.7 cm³/mol. The van der Waals surface area contributed by atoms with Crippen molar-refractivity contribution in [3.63, 3.8) is 0 Å². The highest BCUT2D eigenvalue weighted by Gasteiger charge is 2.57. The molecular weight excluding hydrogens is 332 g/mol. The van der Waals surface area contributed by atoms with Crippen LogP contribution in [-0.2, 0) is 0 Å². The molecule has 0 heterocycles. The van der Waals surface area contributed by atoms with E-state index in [1.54, 1.807) is 18.2 Å². The summed E-state index contributed by atoms with van der Waals surface area (Å²) >= 11 is 6.15. The Bertz CT molecular complexity index is 866. The second kappa shape index (κ2) is 6.36. The van der Waals surface area contributed by atoms with E-state index in [2.05, 4.69) is 25.1 Å². The normalized spacial score (nSPS) is 30.2. The molecule has 0 aromatic heterocycles. The summed E-state index contributed by atoms with van der Waals surface area (Å²) in [5.74, 6) is -1.00. The van der Waals surface area contributed by atoms with Gasteiger partial charge in [0.1, 0.15) is 5.92 Å². The highest BCUT2D eigenvalue weighted by Crippen LogP contribution is 2.55. The number of benzene rings is 1. The van der Waals surface area contributed by atoms with Crippen molar-refractivity contribution < 1.29 is 0 Å². The zero-order chi connectivity index (χ0) is 18.2. The molecule has 2 aliphatic carbocycles. The highest BCUT2D eigenvalue weighted by atomic mass is 35.5. The van der Waals surface area contributed by atoms with E-state index in [1.807, 2.05) is 12.1 Å². The standard InChI is InChI=1S/C20H17ClN4/c1-12-5-6-15-16(7-12)18(13-3-2-4-14(21)8-13)20(10-23,11-24)19(25)17(15)9-22/h2-4,6,8,12,16-18,25H,5,7H2,1H3/t12-,16+,17?,18-/m0/s1. The fourth-order valence-electron chi connectivity index (χ4n) is 4.28. The first-order valence-electron chi connectivity index (χ1n) is 8.25. The minimum atomic E-state index is -1.65. The van der Waals surface area contributed by atoms with Crippen LogP contribution in [0.4, 0.5) is 0 Å². The van der Waals surface area contributed by atoms with Crippen LogP contribution in [0.1, 0.15) is 31.2 Å². The molecule has 5 heteroatoms. The van der Waals surface area contributed by atoms with E-state index < -0.39 is 17.3 Å². The molecule has 124 valence electrons. The number of hydrogen-bond donors (Lipinski definition) is 1. The van der Waals surface area contributed by atoms with E-state index in [9.17, 15) is 15.8 Å². The quantitative estimate of drug-likeness (QED) is 0.751. The molecule has 1 fully saturated rings. The van der Waals surface area contributed by atoms with Crippen LogP contribution in [0.5, 0.6) is 0 Å². The van der Waals surface area contributed by atoms with Crippen LogP contribution in [0, 0.1) is 62.6 Å². The molecule has 1 unspecified atom stereocenters. The SMILES string of the molecule is C[C@H]1CC=C2C(C#N)C(=N)C(C#N)(C#N)[C@@H](c3cccc(Cl)c3)[C@@H]2C1. The molecule has 1 N–H and O–H groups in total. The van der Waals surface area contributed by atoms with Crippen LogP contribution in [0.3, 0.4) is 0 Å². The Morgan fingerprint density at radius 2 is 1.96 bits per heavy atom. The van der Waals surface area contributed by atoms with E-state index in [0.717, 1.165) is 24.0 Å². The van der Waals surface area contributed by atoms with E-state index in [1.165, 1.54) is 0 Å². The van der Waals surface area contributed by atoms with Gasteiger partial charge in [0, 0.05) is 10.9 Å². The number of nitrogens with zero attached hydrogens (tertiary/aromatic N) is 3. The van der Waals surface area contributed by atoms with Crippen LogP contribution < -0.4 is 0 Å².